The minimum Gasteiger partial charge on any atom is -0.327 e. The van der Waals surface area contributed by atoms with E-state index in [-0.39, 0.29) is 0 Å². The van der Waals surface area contributed by atoms with Gasteiger partial charge in [-0.2, -0.15) is 0 Å². The Morgan fingerprint density at radius 1 is 1.31 bits per heavy atom. The van der Waals surface area contributed by atoms with Gasteiger partial charge in [-0.3, -0.25) is 0 Å². The highest BCUT2D eigenvalue weighted by molar-refractivity contribution is 4.94. The van der Waals surface area contributed by atoms with Crippen molar-refractivity contribution in [3.05, 3.63) is 0 Å². The van der Waals surface area contributed by atoms with Crippen LogP contribution in [0, 0.1) is 11.3 Å². The monoisotopic (exact) mass is 226 g/mol. The molecule has 1 fully saturated rings. The fourth-order valence-corrected chi connectivity index (χ4v) is 2.87. The summed E-state index contributed by atoms with van der Waals surface area (Å²) < 4.78 is 0. The van der Waals surface area contributed by atoms with Crippen LogP contribution in [-0.2, 0) is 0 Å². The van der Waals surface area contributed by atoms with Crippen molar-refractivity contribution in [2.75, 3.05) is 20.1 Å². The molecule has 0 radical (unpaired) electrons. The molecule has 96 valence electrons. The first kappa shape index (κ1) is 14.0. The van der Waals surface area contributed by atoms with Crippen LogP contribution in [0.3, 0.4) is 0 Å². The van der Waals surface area contributed by atoms with Gasteiger partial charge in [-0.05, 0) is 44.2 Å². The zero-order valence-electron chi connectivity index (χ0n) is 11.6. The molecule has 2 atom stereocenters. The van der Waals surface area contributed by atoms with Crippen LogP contribution in [0.25, 0.3) is 0 Å². The summed E-state index contributed by atoms with van der Waals surface area (Å²) in [5, 5.41) is 0. The molecule has 1 rings (SSSR count). The zero-order chi connectivity index (χ0) is 12.2. The lowest BCUT2D eigenvalue weighted by Crippen LogP contribution is -2.41. The molecular formula is C14H30N2. The lowest BCUT2D eigenvalue weighted by atomic mass is 9.85. The van der Waals surface area contributed by atoms with Crippen molar-refractivity contribution in [2.45, 2.75) is 58.9 Å². The number of rotatable bonds is 6. The van der Waals surface area contributed by atoms with Crippen LogP contribution < -0.4 is 5.73 Å². The van der Waals surface area contributed by atoms with E-state index in [0.717, 1.165) is 0 Å². The van der Waals surface area contributed by atoms with Crippen LogP contribution >= 0.6 is 0 Å². The summed E-state index contributed by atoms with van der Waals surface area (Å²) in [6, 6.07) is 0.390. The number of nitrogens with two attached hydrogens (primary N) is 1. The smallest absolute Gasteiger partial charge is 0.0131 e. The third-order valence-corrected chi connectivity index (χ3v) is 4.26. The molecule has 0 aliphatic heterocycles. The Morgan fingerprint density at radius 3 is 2.50 bits per heavy atom. The van der Waals surface area contributed by atoms with Gasteiger partial charge in [-0.15, -0.1) is 0 Å². The third-order valence-electron chi connectivity index (χ3n) is 4.26. The molecule has 2 heteroatoms. The number of hydrogen-bond acceptors (Lipinski definition) is 2. The molecule has 2 N–H and O–H groups in total. The average Bonchev–Trinajstić information content (AvgIpc) is 2.46. The van der Waals surface area contributed by atoms with Gasteiger partial charge in [0.15, 0.2) is 0 Å². The number of nitrogens with zero attached hydrogens (tertiary/aromatic N) is 1. The lowest BCUT2D eigenvalue weighted by molar-refractivity contribution is 0.231. The van der Waals surface area contributed by atoms with Gasteiger partial charge in [-0.1, -0.05) is 33.6 Å². The molecule has 1 saturated carbocycles. The van der Waals surface area contributed by atoms with Gasteiger partial charge in [-0.25, -0.2) is 0 Å². The minimum absolute atomic E-state index is 0.356. The summed E-state index contributed by atoms with van der Waals surface area (Å²) in [5.41, 5.74) is 6.69. The third kappa shape index (κ3) is 3.74. The largest absolute Gasteiger partial charge is 0.327 e. The van der Waals surface area contributed by atoms with Crippen LogP contribution in [0.5, 0.6) is 0 Å². The van der Waals surface area contributed by atoms with E-state index in [4.69, 9.17) is 5.73 Å². The van der Waals surface area contributed by atoms with Crippen molar-refractivity contribution in [3.8, 4) is 0 Å². The van der Waals surface area contributed by atoms with Gasteiger partial charge in [0.05, 0.1) is 0 Å². The predicted molar refractivity (Wildman–Crippen MR) is 71.5 cm³/mol. The highest BCUT2D eigenvalue weighted by Gasteiger charge is 2.39. The predicted octanol–water partition coefficient (Wildman–Crippen LogP) is 2.87. The molecular weight excluding hydrogens is 196 g/mol. The first-order valence-corrected chi connectivity index (χ1v) is 6.91. The summed E-state index contributed by atoms with van der Waals surface area (Å²) >= 11 is 0. The maximum Gasteiger partial charge on any atom is 0.0131 e. The van der Waals surface area contributed by atoms with Gasteiger partial charge in [0, 0.05) is 12.6 Å². The van der Waals surface area contributed by atoms with Crippen LogP contribution in [0.2, 0.25) is 0 Å². The van der Waals surface area contributed by atoms with E-state index in [2.05, 4.69) is 32.7 Å². The van der Waals surface area contributed by atoms with E-state index in [0.29, 0.717) is 17.4 Å². The SMILES string of the molecule is CCCCCN(C)CC1CCC(C)(C)C1N. The van der Waals surface area contributed by atoms with Crippen LogP contribution in [-0.4, -0.2) is 31.1 Å². The Bertz CT molecular complexity index is 201. The first-order valence-electron chi connectivity index (χ1n) is 6.91. The molecule has 2 nitrogen and oxygen atoms in total. The maximum atomic E-state index is 6.33. The molecule has 0 saturated heterocycles. The zero-order valence-corrected chi connectivity index (χ0v) is 11.6. The maximum absolute atomic E-state index is 6.33. The molecule has 0 amide bonds. The summed E-state index contributed by atoms with van der Waals surface area (Å²) in [5.74, 6) is 0.710. The van der Waals surface area contributed by atoms with E-state index < -0.39 is 0 Å². The Balaban J connectivity index is 2.27. The summed E-state index contributed by atoms with van der Waals surface area (Å²) in [4.78, 5) is 2.47. The van der Waals surface area contributed by atoms with Crippen molar-refractivity contribution in [1.29, 1.82) is 0 Å². The minimum atomic E-state index is 0.356. The topological polar surface area (TPSA) is 29.3 Å². The molecule has 16 heavy (non-hydrogen) atoms. The molecule has 0 heterocycles. The van der Waals surface area contributed by atoms with Gasteiger partial charge in [0.1, 0.15) is 0 Å². The van der Waals surface area contributed by atoms with E-state index in [9.17, 15) is 0 Å². The molecule has 0 bridgehead atoms. The van der Waals surface area contributed by atoms with Crippen molar-refractivity contribution in [3.63, 3.8) is 0 Å². The van der Waals surface area contributed by atoms with Crippen molar-refractivity contribution < 1.29 is 0 Å². The van der Waals surface area contributed by atoms with E-state index in [1.54, 1.807) is 0 Å². The highest BCUT2D eigenvalue weighted by atomic mass is 15.1. The summed E-state index contributed by atoms with van der Waals surface area (Å²) in [6.45, 7) is 9.31. The van der Waals surface area contributed by atoms with Crippen molar-refractivity contribution in [1.82, 2.24) is 4.90 Å². The standard InChI is InChI=1S/C14H30N2/c1-5-6-7-10-16(4)11-12-8-9-14(2,3)13(12)15/h12-13H,5-11,15H2,1-4H3. The quantitative estimate of drug-likeness (QED) is 0.706. The Kier molecular flexibility index (Phi) is 5.26. The van der Waals surface area contributed by atoms with Gasteiger partial charge in [0.25, 0.3) is 0 Å². The molecule has 1 aliphatic rings. The van der Waals surface area contributed by atoms with E-state index in [1.165, 1.54) is 45.2 Å². The number of hydrogen-bond donors (Lipinski definition) is 1. The fourth-order valence-electron chi connectivity index (χ4n) is 2.87. The first-order chi connectivity index (χ1) is 7.47. The van der Waals surface area contributed by atoms with E-state index in [1.807, 2.05) is 0 Å². The normalized spacial score (nSPS) is 28.9. The molecule has 0 aromatic rings. The van der Waals surface area contributed by atoms with Crippen LogP contribution in [0.1, 0.15) is 52.9 Å². The highest BCUT2D eigenvalue weighted by Crippen LogP contribution is 2.40. The second-order valence-electron chi connectivity index (χ2n) is 6.28. The second-order valence-corrected chi connectivity index (χ2v) is 6.28. The molecule has 1 aliphatic carbocycles. The summed E-state index contributed by atoms with van der Waals surface area (Å²) in [7, 11) is 2.24. The van der Waals surface area contributed by atoms with E-state index >= 15 is 0 Å². The molecule has 2 unspecified atom stereocenters. The number of unbranched alkanes of at least 4 members (excludes halogenated alkanes) is 2. The van der Waals surface area contributed by atoms with Gasteiger partial charge < -0.3 is 10.6 Å². The second kappa shape index (κ2) is 6.02. The fraction of sp³-hybridized carbons (Fsp3) is 1.00. The Labute approximate surface area is 102 Å². The summed E-state index contributed by atoms with van der Waals surface area (Å²) in [6.07, 6.45) is 6.60. The average molecular weight is 226 g/mol. The van der Waals surface area contributed by atoms with Crippen molar-refractivity contribution >= 4 is 0 Å². The van der Waals surface area contributed by atoms with Crippen LogP contribution in [0.15, 0.2) is 0 Å². The van der Waals surface area contributed by atoms with Gasteiger partial charge >= 0.3 is 0 Å². The van der Waals surface area contributed by atoms with Gasteiger partial charge in [0.2, 0.25) is 0 Å². The Morgan fingerprint density at radius 2 is 2.00 bits per heavy atom. The Hall–Kier alpha value is -0.0800. The van der Waals surface area contributed by atoms with Crippen LogP contribution in [0.4, 0.5) is 0 Å². The molecule has 0 aromatic heterocycles. The lowest BCUT2D eigenvalue weighted by Gasteiger charge is -2.29. The van der Waals surface area contributed by atoms with Crippen molar-refractivity contribution in [2.24, 2.45) is 17.1 Å². The molecule has 0 aromatic carbocycles. The molecule has 0 spiro atoms.